The third-order valence-corrected chi connectivity index (χ3v) is 3.23. The van der Waals surface area contributed by atoms with Crippen LogP contribution >= 0.6 is 0 Å². The number of hydrogen-bond acceptors (Lipinski definition) is 4. The number of hydrogen-bond donors (Lipinski definition) is 1. The van der Waals surface area contributed by atoms with Crippen molar-refractivity contribution in [3.05, 3.63) is 35.9 Å². The number of ether oxygens (including phenoxy) is 2. The minimum atomic E-state index is -0.866. The van der Waals surface area contributed by atoms with Crippen molar-refractivity contribution in [1.29, 1.82) is 0 Å². The Morgan fingerprint density at radius 2 is 1.95 bits per heavy atom. The minimum Gasteiger partial charge on any atom is -0.481 e. The number of rotatable bonds is 7. The SMILES string of the molecule is O=C(O)CCOCC1CN(C(=O)OCc2ccccc2)C1. The van der Waals surface area contributed by atoms with Crippen molar-refractivity contribution in [2.75, 3.05) is 26.3 Å². The number of carboxylic acid groups (broad SMARTS) is 1. The van der Waals surface area contributed by atoms with Crippen molar-refractivity contribution >= 4 is 12.1 Å². The van der Waals surface area contributed by atoms with Crippen LogP contribution in [0.15, 0.2) is 30.3 Å². The maximum absolute atomic E-state index is 11.7. The average molecular weight is 293 g/mol. The Kier molecular flexibility index (Phi) is 5.57. The first-order valence-corrected chi connectivity index (χ1v) is 6.90. The van der Waals surface area contributed by atoms with E-state index in [1.165, 1.54) is 0 Å². The van der Waals surface area contributed by atoms with Gasteiger partial charge in [0.15, 0.2) is 0 Å². The van der Waals surface area contributed by atoms with Crippen LogP contribution in [0.3, 0.4) is 0 Å². The fourth-order valence-electron chi connectivity index (χ4n) is 2.04. The molecule has 1 aliphatic rings. The van der Waals surface area contributed by atoms with Gasteiger partial charge in [0.25, 0.3) is 0 Å². The molecule has 0 saturated carbocycles. The van der Waals surface area contributed by atoms with Gasteiger partial charge in [-0.2, -0.15) is 0 Å². The van der Waals surface area contributed by atoms with E-state index in [4.69, 9.17) is 14.6 Å². The Balaban J connectivity index is 1.56. The van der Waals surface area contributed by atoms with Crippen molar-refractivity contribution in [2.45, 2.75) is 13.0 Å². The van der Waals surface area contributed by atoms with E-state index < -0.39 is 5.97 Å². The van der Waals surface area contributed by atoms with E-state index in [1.807, 2.05) is 30.3 Å². The van der Waals surface area contributed by atoms with Gasteiger partial charge in [-0.05, 0) is 5.56 Å². The zero-order chi connectivity index (χ0) is 15.1. The topological polar surface area (TPSA) is 76.1 Å². The van der Waals surface area contributed by atoms with Crippen LogP contribution in [0.4, 0.5) is 4.79 Å². The molecule has 1 amide bonds. The molecule has 0 radical (unpaired) electrons. The molecule has 1 aromatic rings. The molecule has 6 heteroatoms. The highest BCUT2D eigenvalue weighted by atomic mass is 16.6. The number of aliphatic carboxylic acids is 1. The lowest BCUT2D eigenvalue weighted by atomic mass is 10.0. The van der Waals surface area contributed by atoms with Gasteiger partial charge in [0.1, 0.15) is 6.61 Å². The molecule has 0 spiro atoms. The second-order valence-electron chi connectivity index (χ2n) is 5.03. The molecular formula is C15H19NO5. The molecule has 1 saturated heterocycles. The number of benzene rings is 1. The summed E-state index contributed by atoms with van der Waals surface area (Å²) in [6.07, 6.45) is -0.309. The molecule has 1 aromatic carbocycles. The molecule has 0 aromatic heterocycles. The quantitative estimate of drug-likeness (QED) is 0.775. The maximum atomic E-state index is 11.7. The Morgan fingerprint density at radius 1 is 1.24 bits per heavy atom. The van der Waals surface area contributed by atoms with Gasteiger partial charge in [-0.1, -0.05) is 30.3 Å². The molecule has 0 atom stereocenters. The molecule has 6 nitrogen and oxygen atoms in total. The van der Waals surface area contributed by atoms with Crippen molar-refractivity contribution in [2.24, 2.45) is 5.92 Å². The molecule has 2 rings (SSSR count). The highest BCUT2D eigenvalue weighted by molar-refractivity contribution is 5.68. The van der Waals surface area contributed by atoms with Crippen molar-refractivity contribution in [1.82, 2.24) is 4.90 Å². The number of likely N-dealkylation sites (tertiary alicyclic amines) is 1. The second kappa shape index (κ2) is 7.64. The summed E-state index contributed by atoms with van der Waals surface area (Å²) < 4.78 is 10.5. The molecule has 114 valence electrons. The standard InChI is InChI=1S/C15H19NO5/c17-14(18)6-7-20-10-13-8-16(9-13)15(19)21-11-12-4-2-1-3-5-12/h1-5,13H,6-11H2,(H,17,18). The Morgan fingerprint density at radius 3 is 2.62 bits per heavy atom. The van der Waals surface area contributed by atoms with Crippen LogP contribution in [0.1, 0.15) is 12.0 Å². The summed E-state index contributed by atoms with van der Waals surface area (Å²) in [6.45, 7) is 2.16. The normalized spacial score (nSPS) is 14.6. The first kappa shape index (κ1) is 15.3. The highest BCUT2D eigenvalue weighted by Crippen LogP contribution is 2.17. The molecule has 0 aliphatic carbocycles. The van der Waals surface area contributed by atoms with Crippen molar-refractivity contribution in [3.8, 4) is 0 Å². The molecular weight excluding hydrogens is 274 g/mol. The molecule has 1 heterocycles. The van der Waals surface area contributed by atoms with E-state index >= 15 is 0 Å². The van der Waals surface area contributed by atoms with Gasteiger partial charge in [0.05, 0.1) is 19.6 Å². The first-order chi connectivity index (χ1) is 10.1. The lowest BCUT2D eigenvalue weighted by molar-refractivity contribution is -0.138. The van der Waals surface area contributed by atoms with Crippen molar-refractivity contribution < 1.29 is 24.2 Å². The van der Waals surface area contributed by atoms with E-state index in [1.54, 1.807) is 4.90 Å². The van der Waals surface area contributed by atoms with Crippen molar-refractivity contribution in [3.63, 3.8) is 0 Å². The van der Waals surface area contributed by atoms with Crippen LogP contribution in [0.25, 0.3) is 0 Å². The number of carbonyl (C=O) groups excluding carboxylic acids is 1. The summed E-state index contributed by atoms with van der Waals surface area (Å²) in [4.78, 5) is 23.7. The van der Waals surface area contributed by atoms with Gasteiger partial charge in [-0.15, -0.1) is 0 Å². The van der Waals surface area contributed by atoms with Gasteiger partial charge < -0.3 is 19.5 Å². The number of amides is 1. The van der Waals surface area contributed by atoms with E-state index in [0.717, 1.165) is 5.56 Å². The lowest BCUT2D eigenvalue weighted by Gasteiger charge is -2.38. The third kappa shape index (κ3) is 5.07. The molecule has 0 unspecified atom stereocenters. The average Bonchev–Trinajstić information content (AvgIpc) is 2.43. The highest BCUT2D eigenvalue weighted by Gasteiger charge is 2.31. The van der Waals surface area contributed by atoms with Crippen LogP contribution in [0.2, 0.25) is 0 Å². The number of nitrogens with zero attached hydrogens (tertiary/aromatic N) is 1. The lowest BCUT2D eigenvalue weighted by Crippen LogP contribution is -2.51. The Hall–Kier alpha value is -2.08. The Labute approximate surface area is 123 Å². The molecule has 1 aliphatic heterocycles. The fraction of sp³-hybridized carbons (Fsp3) is 0.467. The Bertz CT molecular complexity index is 470. The monoisotopic (exact) mass is 293 g/mol. The second-order valence-corrected chi connectivity index (χ2v) is 5.03. The summed E-state index contributed by atoms with van der Waals surface area (Å²) in [7, 11) is 0. The first-order valence-electron chi connectivity index (χ1n) is 6.90. The molecule has 1 fully saturated rings. The smallest absolute Gasteiger partial charge is 0.410 e. The summed E-state index contributed by atoms with van der Waals surface area (Å²) >= 11 is 0. The fourth-order valence-corrected chi connectivity index (χ4v) is 2.04. The van der Waals surface area contributed by atoms with Crippen LogP contribution in [-0.4, -0.2) is 48.4 Å². The van der Waals surface area contributed by atoms with Gasteiger partial charge >= 0.3 is 12.1 Å². The van der Waals surface area contributed by atoms with Crippen LogP contribution in [0.5, 0.6) is 0 Å². The van der Waals surface area contributed by atoms with Gasteiger partial charge in [-0.25, -0.2) is 4.79 Å². The predicted molar refractivity (Wildman–Crippen MR) is 74.8 cm³/mol. The zero-order valence-electron chi connectivity index (χ0n) is 11.7. The molecule has 0 bridgehead atoms. The van der Waals surface area contributed by atoms with Gasteiger partial charge in [-0.3, -0.25) is 4.79 Å². The zero-order valence-corrected chi connectivity index (χ0v) is 11.7. The maximum Gasteiger partial charge on any atom is 0.410 e. The predicted octanol–water partition coefficient (Wildman–Crippen LogP) is 1.75. The van der Waals surface area contributed by atoms with Gasteiger partial charge in [0, 0.05) is 19.0 Å². The third-order valence-electron chi connectivity index (χ3n) is 3.23. The van der Waals surface area contributed by atoms with E-state index in [2.05, 4.69) is 0 Å². The van der Waals surface area contributed by atoms with E-state index in [-0.39, 0.29) is 31.6 Å². The summed E-state index contributed by atoms with van der Waals surface area (Å²) in [5.41, 5.74) is 0.958. The summed E-state index contributed by atoms with van der Waals surface area (Å²) in [5.74, 6) is -0.599. The molecule has 21 heavy (non-hydrogen) atoms. The summed E-state index contributed by atoms with van der Waals surface area (Å²) in [5, 5.41) is 8.47. The minimum absolute atomic E-state index is 0.00948. The molecule has 1 N–H and O–H groups in total. The number of carbonyl (C=O) groups is 2. The van der Waals surface area contributed by atoms with E-state index in [0.29, 0.717) is 19.7 Å². The van der Waals surface area contributed by atoms with Crippen LogP contribution < -0.4 is 0 Å². The van der Waals surface area contributed by atoms with Gasteiger partial charge in [0.2, 0.25) is 0 Å². The summed E-state index contributed by atoms with van der Waals surface area (Å²) in [6, 6.07) is 9.52. The largest absolute Gasteiger partial charge is 0.481 e. The number of carboxylic acids is 1. The van der Waals surface area contributed by atoms with E-state index in [9.17, 15) is 9.59 Å². The van der Waals surface area contributed by atoms with Crippen LogP contribution in [-0.2, 0) is 20.9 Å². The van der Waals surface area contributed by atoms with Crippen LogP contribution in [0, 0.1) is 5.92 Å².